The van der Waals surface area contributed by atoms with E-state index >= 15 is 0 Å². The summed E-state index contributed by atoms with van der Waals surface area (Å²) in [6.07, 6.45) is 0. The molecule has 0 amide bonds. The van der Waals surface area contributed by atoms with Gasteiger partial charge in [-0.15, -0.1) is 23.2 Å². The molecule has 0 unspecified atom stereocenters. The molecule has 0 radical (unpaired) electrons. The van der Waals surface area contributed by atoms with Crippen LogP contribution in [0.3, 0.4) is 0 Å². The van der Waals surface area contributed by atoms with Crippen LogP contribution in [0.1, 0.15) is 23.0 Å². The summed E-state index contributed by atoms with van der Waals surface area (Å²) in [6, 6.07) is 9.70. The predicted octanol–water partition coefficient (Wildman–Crippen LogP) is 7.41. The lowest BCUT2D eigenvalue weighted by Gasteiger charge is -2.40. The van der Waals surface area contributed by atoms with E-state index in [9.17, 15) is 19.4 Å². The van der Waals surface area contributed by atoms with Crippen LogP contribution in [0.5, 0.6) is 5.75 Å². The van der Waals surface area contributed by atoms with Crippen molar-refractivity contribution in [3.05, 3.63) is 59.7 Å². The molecule has 2 aromatic rings. The molecule has 2 atom stereocenters. The van der Waals surface area contributed by atoms with Gasteiger partial charge in [-0.05, 0) is 35.4 Å². The molecule has 9 heteroatoms. The summed E-state index contributed by atoms with van der Waals surface area (Å²) < 4.78 is 67.8. The van der Waals surface area contributed by atoms with Crippen molar-refractivity contribution >= 4 is 33.4 Å². The van der Waals surface area contributed by atoms with E-state index in [2.05, 4.69) is 0 Å². The third kappa shape index (κ3) is 3.55. The minimum Gasteiger partial charge on any atom is -0.497 e. The molecular weight excluding hydrogens is 406 g/mol. The fourth-order valence-electron chi connectivity index (χ4n) is 2.90. The minimum absolute atomic E-state index is 0.354. The average molecular weight is 419 g/mol. The smallest absolute Gasteiger partial charge is 0.310 e. The molecule has 3 rings (SSSR count). The quantitative estimate of drug-likeness (QED) is 0.371. The second kappa shape index (κ2) is 4.96. The van der Waals surface area contributed by atoms with Gasteiger partial charge in [-0.25, -0.2) is 0 Å². The Hall–Kier alpha value is -1.18. The maximum absolute atomic E-state index is 12.8. The van der Waals surface area contributed by atoms with E-state index in [0.717, 1.165) is 17.7 Å². The van der Waals surface area contributed by atoms with E-state index in [0.29, 0.717) is 23.4 Å². The Labute approximate surface area is 151 Å². The van der Waals surface area contributed by atoms with Gasteiger partial charge in [0.2, 0.25) is 0 Å². The number of halogens is 7. The molecule has 25 heavy (non-hydrogen) atoms. The van der Waals surface area contributed by atoms with Crippen LogP contribution in [0.25, 0.3) is 0 Å². The topological polar surface area (TPSA) is 9.23 Å². The Bertz CT molecular complexity index is 804. The maximum Gasteiger partial charge on any atom is 0.310 e. The van der Waals surface area contributed by atoms with Crippen LogP contribution in [0.15, 0.2) is 53.4 Å². The summed E-state index contributed by atoms with van der Waals surface area (Å²) in [6.45, 7) is 0. The second-order valence-electron chi connectivity index (χ2n) is 5.94. The van der Waals surface area contributed by atoms with Gasteiger partial charge in [0.05, 0.1) is 7.11 Å². The summed E-state index contributed by atoms with van der Waals surface area (Å²) >= 11 is 12.5. The first-order valence-corrected chi connectivity index (χ1v) is 9.80. The molecule has 1 nitrogen and oxygen atoms in total. The Morgan fingerprint density at radius 3 is 1.56 bits per heavy atom. The van der Waals surface area contributed by atoms with Crippen LogP contribution in [0.4, 0.5) is 19.4 Å². The normalized spacial score (nSPS) is 25.0. The summed E-state index contributed by atoms with van der Waals surface area (Å²) in [4.78, 5) is -1.93. The van der Waals surface area contributed by atoms with Gasteiger partial charge in [0.1, 0.15) is 15.0 Å². The van der Waals surface area contributed by atoms with Crippen molar-refractivity contribution in [3.63, 3.8) is 0 Å². The molecule has 2 aromatic carbocycles. The Morgan fingerprint density at radius 1 is 0.800 bits per heavy atom. The third-order valence-corrected chi connectivity index (χ3v) is 6.32. The number of hydrogen-bond donors (Lipinski definition) is 0. The molecule has 0 heterocycles. The van der Waals surface area contributed by atoms with Crippen LogP contribution in [0.2, 0.25) is 0 Å². The summed E-state index contributed by atoms with van der Waals surface area (Å²) in [7, 11) is -8.17. The lowest BCUT2D eigenvalue weighted by atomic mass is 10.0. The molecule has 0 aromatic heterocycles. The highest BCUT2D eigenvalue weighted by atomic mass is 35.5. The third-order valence-electron chi connectivity index (χ3n) is 4.21. The molecule has 1 saturated carbocycles. The van der Waals surface area contributed by atoms with Gasteiger partial charge < -0.3 is 4.74 Å². The largest absolute Gasteiger partial charge is 0.497 e. The molecule has 138 valence electrons. The van der Waals surface area contributed by atoms with Crippen LogP contribution in [-0.2, 0) is 0 Å². The number of hydrogen-bond acceptors (Lipinski definition) is 1. The van der Waals surface area contributed by atoms with E-state index < -0.39 is 25.4 Å². The van der Waals surface area contributed by atoms with Crippen molar-refractivity contribution in [2.24, 2.45) is 0 Å². The molecule has 1 aliphatic rings. The van der Waals surface area contributed by atoms with E-state index in [1.54, 1.807) is 24.3 Å². The number of alkyl halides is 2. The van der Waals surface area contributed by atoms with Crippen molar-refractivity contribution in [2.75, 3.05) is 7.11 Å². The predicted molar refractivity (Wildman–Crippen MR) is 90.8 cm³/mol. The number of benzene rings is 2. The number of ether oxygens (including phenoxy) is 1. The fourth-order valence-corrected chi connectivity index (χ4v) is 4.43. The van der Waals surface area contributed by atoms with E-state index in [-0.39, 0.29) is 5.92 Å². The monoisotopic (exact) mass is 418 g/mol. The van der Waals surface area contributed by atoms with Crippen LogP contribution < -0.4 is 4.74 Å². The Balaban J connectivity index is 1.89. The fraction of sp³-hybridized carbons (Fsp3) is 0.250. The van der Waals surface area contributed by atoms with Gasteiger partial charge in [0.15, 0.2) is 0 Å². The maximum atomic E-state index is 12.8. The first-order valence-electron chi connectivity index (χ1n) is 7.10. The molecule has 1 aliphatic carbocycles. The molecule has 1 fully saturated rings. The van der Waals surface area contributed by atoms with E-state index in [1.165, 1.54) is 7.11 Å². The van der Waals surface area contributed by atoms with Crippen molar-refractivity contribution < 1.29 is 24.2 Å². The zero-order valence-corrected chi connectivity index (χ0v) is 15.1. The highest BCUT2D eigenvalue weighted by Gasteiger charge is 2.66. The van der Waals surface area contributed by atoms with Crippen LogP contribution in [0, 0.1) is 0 Å². The van der Waals surface area contributed by atoms with Gasteiger partial charge in [-0.1, -0.05) is 43.7 Å². The van der Waals surface area contributed by atoms with Crippen LogP contribution in [-0.4, -0.2) is 11.4 Å². The van der Waals surface area contributed by atoms with Crippen molar-refractivity contribution in [1.82, 2.24) is 0 Å². The van der Waals surface area contributed by atoms with Crippen LogP contribution >= 0.6 is 33.4 Å². The lowest BCUT2D eigenvalue weighted by molar-refractivity contribution is 0.364. The van der Waals surface area contributed by atoms with E-state index in [4.69, 9.17) is 27.9 Å². The van der Waals surface area contributed by atoms with Crippen molar-refractivity contribution in [1.29, 1.82) is 0 Å². The molecule has 0 spiro atoms. The van der Waals surface area contributed by atoms with Gasteiger partial charge in [-0.2, -0.15) is 0 Å². The Kier molecular flexibility index (Phi) is 3.69. The standard InChI is InChI=1S/C16H13Cl2F5OS/c1-24-12-6-2-10(3-7-12)14-15(16(14,17)18)11-4-8-13(9-5-11)25(19,20,21,22)23/h2-9,14-15H,1H3/t14-,15-/m0/s1. The van der Waals surface area contributed by atoms with Gasteiger partial charge in [-0.3, -0.25) is 0 Å². The van der Waals surface area contributed by atoms with E-state index in [1.807, 2.05) is 0 Å². The van der Waals surface area contributed by atoms with Crippen molar-refractivity contribution in [3.8, 4) is 5.75 Å². The molecule has 0 N–H and O–H groups in total. The van der Waals surface area contributed by atoms with Gasteiger partial charge in [0.25, 0.3) is 0 Å². The SMILES string of the molecule is COc1ccc([C@H]2[C@H](c3ccc(S(F)(F)(F)(F)F)cc3)C2(Cl)Cl)cc1. The zero-order chi connectivity index (χ0) is 18.7. The first kappa shape index (κ1) is 18.6. The summed E-state index contributed by atoms with van der Waals surface area (Å²) in [5.41, 5.74) is 1.16. The highest BCUT2D eigenvalue weighted by molar-refractivity contribution is 8.45. The second-order valence-corrected chi connectivity index (χ2v) is 9.79. The summed E-state index contributed by atoms with van der Waals surface area (Å²) in [5.74, 6) is -0.208. The molecule has 0 aliphatic heterocycles. The van der Waals surface area contributed by atoms with Gasteiger partial charge >= 0.3 is 10.2 Å². The number of rotatable bonds is 4. The highest BCUT2D eigenvalue weighted by Crippen LogP contribution is 3.02. The molecule has 0 saturated heterocycles. The first-order chi connectivity index (χ1) is 11.2. The molecule has 0 bridgehead atoms. The lowest BCUT2D eigenvalue weighted by Crippen LogP contribution is -2.05. The molecular formula is C16H13Cl2F5OS. The van der Waals surface area contributed by atoms with Crippen molar-refractivity contribution in [2.45, 2.75) is 21.1 Å². The summed E-state index contributed by atoms with van der Waals surface area (Å²) in [5, 5.41) is 0. The van der Waals surface area contributed by atoms with Gasteiger partial charge in [0, 0.05) is 11.8 Å². The number of methoxy groups -OCH3 is 1. The Morgan fingerprint density at radius 2 is 1.20 bits per heavy atom. The average Bonchev–Trinajstić information content (AvgIpc) is 3.08. The minimum atomic E-state index is -9.69. The zero-order valence-electron chi connectivity index (χ0n) is 12.7.